The Morgan fingerprint density at radius 3 is 2.42 bits per heavy atom. The summed E-state index contributed by atoms with van der Waals surface area (Å²) in [4.78, 5) is 19.6. The van der Waals surface area contributed by atoms with Gasteiger partial charge in [0, 0.05) is 12.6 Å². The number of aromatic nitrogens is 1. The second kappa shape index (κ2) is 14.0. The van der Waals surface area contributed by atoms with E-state index in [2.05, 4.69) is 28.2 Å². The molecule has 3 aromatic rings. The van der Waals surface area contributed by atoms with Crippen molar-refractivity contribution in [1.82, 2.24) is 15.2 Å². The maximum Gasteiger partial charge on any atom is 0.263 e. The summed E-state index contributed by atoms with van der Waals surface area (Å²) in [6, 6.07) is 12.1. The van der Waals surface area contributed by atoms with E-state index in [-0.39, 0.29) is 5.91 Å². The van der Waals surface area contributed by atoms with Crippen molar-refractivity contribution < 1.29 is 9.53 Å². The Kier molecular flexibility index (Phi) is 11.3. The average Bonchev–Trinajstić information content (AvgIpc) is 3.53. The van der Waals surface area contributed by atoms with E-state index >= 15 is 0 Å². The highest BCUT2D eigenvalue weighted by Gasteiger charge is 2.15. The molecule has 1 aliphatic rings. The Hall–Kier alpha value is -2.44. The number of carbonyl (C=O) groups excluding carboxylic acids is 1. The number of thiazole rings is 1. The first-order valence-corrected chi connectivity index (χ1v) is 12.9. The third-order valence-corrected chi connectivity index (χ3v) is 6.76. The van der Waals surface area contributed by atoms with Crippen molar-refractivity contribution >= 4 is 28.0 Å². The standard InChI is InChI=1S/C17H16N2O2S.C8H17N.C2H6/c1-10-15(16(20)18-2)22-17(19-10)13-5-4-12-9-14(21-3)7-6-11(12)8-13;1-2-3-6-9-7-4-5-8-9;1-2/h4-9H,1-3H3,(H,18,20);2-8H2,1H3;1-2H3. The molecule has 0 atom stereocenters. The number of benzene rings is 2. The summed E-state index contributed by atoms with van der Waals surface area (Å²) < 4.78 is 5.24. The number of carbonyl (C=O) groups is 1. The molecule has 0 saturated carbocycles. The van der Waals surface area contributed by atoms with E-state index in [4.69, 9.17) is 4.74 Å². The number of ether oxygens (including phenoxy) is 1. The molecule has 4 rings (SSSR count). The smallest absolute Gasteiger partial charge is 0.263 e. The van der Waals surface area contributed by atoms with Crippen LogP contribution in [0.5, 0.6) is 5.75 Å². The third kappa shape index (κ3) is 7.54. The molecule has 1 amide bonds. The van der Waals surface area contributed by atoms with Gasteiger partial charge in [-0.1, -0.05) is 45.4 Å². The zero-order valence-electron chi connectivity index (χ0n) is 21.0. The average molecular weight is 470 g/mol. The summed E-state index contributed by atoms with van der Waals surface area (Å²) in [5.74, 6) is 0.749. The van der Waals surface area contributed by atoms with Crippen LogP contribution in [0.3, 0.4) is 0 Å². The molecule has 0 aliphatic carbocycles. The number of rotatable bonds is 6. The highest BCUT2D eigenvalue weighted by atomic mass is 32.1. The first-order valence-electron chi connectivity index (χ1n) is 12.1. The highest BCUT2D eigenvalue weighted by Crippen LogP contribution is 2.31. The highest BCUT2D eigenvalue weighted by molar-refractivity contribution is 7.17. The Balaban J connectivity index is 0.000000293. The van der Waals surface area contributed by atoms with Gasteiger partial charge in [-0.15, -0.1) is 11.3 Å². The van der Waals surface area contributed by atoms with Gasteiger partial charge < -0.3 is 15.0 Å². The van der Waals surface area contributed by atoms with Gasteiger partial charge in [0.2, 0.25) is 0 Å². The Morgan fingerprint density at radius 1 is 1.12 bits per heavy atom. The van der Waals surface area contributed by atoms with Gasteiger partial charge in [0.15, 0.2) is 0 Å². The van der Waals surface area contributed by atoms with Gasteiger partial charge in [0.05, 0.1) is 12.8 Å². The molecule has 1 aromatic heterocycles. The monoisotopic (exact) mass is 469 g/mol. The molecule has 2 aromatic carbocycles. The molecule has 0 radical (unpaired) electrons. The van der Waals surface area contributed by atoms with Crippen molar-refractivity contribution in [1.29, 1.82) is 0 Å². The van der Waals surface area contributed by atoms with Crippen molar-refractivity contribution in [3.8, 4) is 16.3 Å². The summed E-state index contributed by atoms with van der Waals surface area (Å²) in [7, 11) is 3.29. The minimum atomic E-state index is -0.0909. The number of nitrogens with one attached hydrogen (secondary N) is 1. The Bertz CT molecular complexity index is 1010. The third-order valence-electron chi connectivity index (χ3n) is 5.55. The molecule has 180 valence electrons. The predicted molar refractivity (Wildman–Crippen MR) is 142 cm³/mol. The van der Waals surface area contributed by atoms with Gasteiger partial charge in [-0.3, -0.25) is 4.79 Å². The molecule has 0 spiro atoms. The molecule has 5 nitrogen and oxygen atoms in total. The summed E-state index contributed by atoms with van der Waals surface area (Å²) >= 11 is 1.41. The molecule has 6 heteroatoms. The van der Waals surface area contributed by atoms with Gasteiger partial charge in [0.25, 0.3) is 5.91 Å². The van der Waals surface area contributed by atoms with Crippen LogP contribution in [0.15, 0.2) is 36.4 Å². The quantitative estimate of drug-likeness (QED) is 0.445. The van der Waals surface area contributed by atoms with E-state index < -0.39 is 0 Å². The lowest BCUT2D eigenvalue weighted by Gasteiger charge is -2.12. The number of methoxy groups -OCH3 is 1. The van der Waals surface area contributed by atoms with Crippen LogP contribution in [0.2, 0.25) is 0 Å². The largest absolute Gasteiger partial charge is 0.497 e. The number of aryl methyl sites for hydroxylation is 1. The number of fused-ring (bicyclic) bond motifs is 1. The topological polar surface area (TPSA) is 54.5 Å². The van der Waals surface area contributed by atoms with Crippen molar-refractivity contribution in [3.63, 3.8) is 0 Å². The van der Waals surface area contributed by atoms with E-state index in [0.29, 0.717) is 4.88 Å². The van der Waals surface area contributed by atoms with Gasteiger partial charge in [-0.05, 0) is 74.8 Å². The Labute approximate surface area is 203 Å². The second-order valence-electron chi connectivity index (χ2n) is 7.84. The fraction of sp³-hybridized carbons (Fsp3) is 0.481. The van der Waals surface area contributed by atoms with Crippen LogP contribution < -0.4 is 10.1 Å². The maximum atomic E-state index is 11.8. The summed E-state index contributed by atoms with van der Waals surface area (Å²) in [5, 5.41) is 5.73. The van der Waals surface area contributed by atoms with E-state index in [1.54, 1.807) is 14.2 Å². The van der Waals surface area contributed by atoms with E-state index in [9.17, 15) is 4.79 Å². The number of amides is 1. The van der Waals surface area contributed by atoms with Crippen LogP contribution in [0.4, 0.5) is 0 Å². The zero-order valence-corrected chi connectivity index (χ0v) is 21.8. The van der Waals surface area contributed by atoms with E-state index in [1.165, 1.54) is 56.7 Å². The lowest BCUT2D eigenvalue weighted by Crippen LogP contribution is -2.19. The fourth-order valence-corrected chi connectivity index (χ4v) is 4.72. The first kappa shape index (κ1) is 26.8. The van der Waals surface area contributed by atoms with Crippen LogP contribution in [0, 0.1) is 6.92 Å². The molecule has 1 N–H and O–H groups in total. The van der Waals surface area contributed by atoms with Gasteiger partial charge >= 0.3 is 0 Å². The second-order valence-corrected chi connectivity index (χ2v) is 8.84. The number of unbranched alkanes of at least 4 members (excludes halogenated alkanes) is 1. The molecule has 2 heterocycles. The number of hydrogen-bond donors (Lipinski definition) is 1. The molecule has 1 saturated heterocycles. The molecule has 1 aliphatic heterocycles. The van der Waals surface area contributed by atoms with Crippen LogP contribution in [-0.4, -0.2) is 49.6 Å². The summed E-state index contributed by atoms with van der Waals surface area (Å²) in [6.45, 7) is 12.2. The predicted octanol–water partition coefficient (Wildman–Crippen LogP) is 6.55. The summed E-state index contributed by atoms with van der Waals surface area (Å²) in [5.41, 5.74) is 1.77. The van der Waals surface area contributed by atoms with Crippen LogP contribution in [-0.2, 0) is 0 Å². The van der Waals surface area contributed by atoms with Crippen LogP contribution in [0.1, 0.15) is 61.8 Å². The van der Waals surface area contributed by atoms with Gasteiger partial charge in [-0.25, -0.2) is 4.98 Å². The first-order chi connectivity index (χ1) is 16.0. The van der Waals surface area contributed by atoms with Gasteiger partial charge in [-0.2, -0.15) is 0 Å². The van der Waals surface area contributed by atoms with Crippen molar-refractivity contribution in [2.45, 2.75) is 53.4 Å². The molecular weight excluding hydrogens is 430 g/mol. The molecular formula is C27H39N3O2S. The molecule has 0 bridgehead atoms. The van der Waals surface area contributed by atoms with E-state index in [0.717, 1.165) is 32.8 Å². The van der Waals surface area contributed by atoms with Crippen molar-refractivity contribution in [2.75, 3.05) is 33.8 Å². The lowest BCUT2D eigenvalue weighted by atomic mass is 10.1. The molecule has 0 unspecified atom stereocenters. The van der Waals surface area contributed by atoms with Crippen molar-refractivity contribution in [2.24, 2.45) is 0 Å². The summed E-state index contributed by atoms with van der Waals surface area (Å²) in [6.07, 6.45) is 5.60. The number of hydrogen-bond acceptors (Lipinski definition) is 5. The molecule has 1 fully saturated rings. The minimum absolute atomic E-state index is 0.0909. The maximum absolute atomic E-state index is 11.8. The van der Waals surface area contributed by atoms with E-state index in [1.807, 2.05) is 51.1 Å². The number of nitrogens with zero attached hydrogens (tertiary/aromatic N) is 2. The van der Waals surface area contributed by atoms with Crippen molar-refractivity contribution in [3.05, 3.63) is 47.0 Å². The minimum Gasteiger partial charge on any atom is -0.497 e. The van der Waals surface area contributed by atoms with Crippen LogP contribution >= 0.6 is 11.3 Å². The number of likely N-dealkylation sites (tertiary alicyclic amines) is 1. The normalized spacial score (nSPS) is 13.0. The Morgan fingerprint density at radius 2 is 1.79 bits per heavy atom. The zero-order chi connectivity index (χ0) is 24.2. The fourth-order valence-electron chi connectivity index (χ4n) is 3.72. The van der Waals surface area contributed by atoms with Crippen LogP contribution in [0.25, 0.3) is 21.3 Å². The van der Waals surface area contributed by atoms with Gasteiger partial charge in [0.1, 0.15) is 15.6 Å². The molecule has 33 heavy (non-hydrogen) atoms. The SMILES string of the molecule is CC.CCCCN1CCCC1.CNC(=O)c1sc(-c2ccc3cc(OC)ccc3c2)nc1C. The lowest BCUT2D eigenvalue weighted by molar-refractivity contribution is 0.0966.